The van der Waals surface area contributed by atoms with Gasteiger partial charge in [0.25, 0.3) is 5.91 Å². The topological polar surface area (TPSA) is 33.5 Å². The van der Waals surface area contributed by atoms with Crippen LogP contribution in [0.15, 0.2) is 53.4 Å². The van der Waals surface area contributed by atoms with Crippen molar-refractivity contribution in [2.24, 2.45) is 0 Å². The Morgan fingerprint density at radius 1 is 1.17 bits per heavy atom. The maximum absolute atomic E-state index is 12.9. The van der Waals surface area contributed by atoms with Crippen LogP contribution in [-0.4, -0.2) is 25.3 Å². The van der Waals surface area contributed by atoms with E-state index in [4.69, 9.17) is 0 Å². The maximum atomic E-state index is 12.9. The van der Waals surface area contributed by atoms with E-state index in [0.29, 0.717) is 5.69 Å². The summed E-state index contributed by atoms with van der Waals surface area (Å²) in [5.41, 5.74) is 1.81. The molecule has 122 valence electrons. The molecule has 23 heavy (non-hydrogen) atoms. The molecule has 5 heteroatoms. The first-order valence-electron chi connectivity index (χ1n) is 7.51. The Hall–Kier alpha value is -1.85. The number of carbonyl (C=O) groups excluding carboxylic acids is 1. The third kappa shape index (κ3) is 5.08. The highest BCUT2D eigenvalue weighted by molar-refractivity contribution is 7.98. The zero-order valence-electron chi connectivity index (χ0n) is 13.6. The van der Waals surface area contributed by atoms with Crippen molar-refractivity contribution >= 4 is 23.4 Å². The summed E-state index contributed by atoms with van der Waals surface area (Å²) in [6, 6.07) is 14.0. The van der Waals surface area contributed by atoms with Crippen molar-refractivity contribution in [2.75, 3.05) is 18.6 Å². The van der Waals surface area contributed by atoms with Crippen LogP contribution in [0.1, 0.15) is 12.5 Å². The summed E-state index contributed by atoms with van der Waals surface area (Å²) in [4.78, 5) is 14.6. The molecular weight excluding hydrogens is 311 g/mol. The van der Waals surface area contributed by atoms with E-state index in [2.05, 4.69) is 29.6 Å². The third-order valence-electron chi connectivity index (χ3n) is 3.89. The second-order valence-corrected chi connectivity index (χ2v) is 6.47. The zero-order chi connectivity index (χ0) is 16.8. The fraction of sp³-hybridized carbons (Fsp3) is 0.278. The van der Waals surface area contributed by atoms with Gasteiger partial charge in [0.1, 0.15) is 12.4 Å². The van der Waals surface area contributed by atoms with E-state index in [1.807, 2.05) is 20.2 Å². The van der Waals surface area contributed by atoms with E-state index >= 15 is 0 Å². The van der Waals surface area contributed by atoms with Crippen LogP contribution >= 0.6 is 11.8 Å². The SMILES string of the molecule is CSc1ccc(C[NH+](C)[C@@H](C)C(=O)Nc2ccc(F)cc2)cc1. The minimum Gasteiger partial charge on any atom is -0.324 e. The lowest BCUT2D eigenvalue weighted by Gasteiger charge is -2.21. The summed E-state index contributed by atoms with van der Waals surface area (Å²) >= 11 is 1.71. The quantitative estimate of drug-likeness (QED) is 0.797. The molecule has 2 aromatic rings. The number of amides is 1. The number of thioether (sulfide) groups is 1. The van der Waals surface area contributed by atoms with E-state index in [-0.39, 0.29) is 17.8 Å². The van der Waals surface area contributed by atoms with Crippen LogP contribution in [0.2, 0.25) is 0 Å². The first-order chi connectivity index (χ1) is 11.0. The van der Waals surface area contributed by atoms with E-state index < -0.39 is 0 Å². The first kappa shape index (κ1) is 17.5. The Labute approximate surface area is 140 Å². The Kier molecular flexibility index (Phi) is 6.19. The Bertz CT molecular complexity index is 643. The van der Waals surface area contributed by atoms with Gasteiger partial charge >= 0.3 is 0 Å². The molecule has 0 spiro atoms. The molecule has 3 nitrogen and oxygen atoms in total. The van der Waals surface area contributed by atoms with Gasteiger partial charge in [0.05, 0.1) is 7.05 Å². The summed E-state index contributed by atoms with van der Waals surface area (Å²) < 4.78 is 12.9. The molecule has 0 aliphatic heterocycles. The van der Waals surface area contributed by atoms with Crippen molar-refractivity contribution in [1.29, 1.82) is 0 Å². The zero-order valence-corrected chi connectivity index (χ0v) is 14.4. The van der Waals surface area contributed by atoms with E-state index in [9.17, 15) is 9.18 Å². The molecule has 0 radical (unpaired) electrons. The molecule has 0 heterocycles. The van der Waals surface area contributed by atoms with Crippen LogP contribution in [-0.2, 0) is 11.3 Å². The van der Waals surface area contributed by atoms with E-state index in [1.54, 1.807) is 23.9 Å². The van der Waals surface area contributed by atoms with E-state index in [0.717, 1.165) is 11.4 Å². The molecule has 1 amide bonds. The predicted octanol–water partition coefficient (Wildman–Crippen LogP) is 2.59. The number of carbonyl (C=O) groups is 1. The highest BCUT2D eigenvalue weighted by Gasteiger charge is 2.22. The average Bonchev–Trinajstić information content (AvgIpc) is 2.56. The lowest BCUT2D eigenvalue weighted by Crippen LogP contribution is -3.12. The number of halogens is 1. The highest BCUT2D eigenvalue weighted by atomic mass is 32.2. The summed E-state index contributed by atoms with van der Waals surface area (Å²) in [6.07, 6.45) is 2.05. The van der Waals surface area contributed by atoms with Gasteiger partial charge < -0.3 is 10.2 Å². The summed E-state index contributed by atoms with van der Waals surface area (Å²) in [5.74, 6) is -0.387. The number of hydrogen-bond acceptors (Lipinski definition) is 2. The lowest BCUT2D eigenvalue weighted by molar-refractivity contribution is -0.907. The molecule has 2 rings (SSSR count). The minimum atomic E-state index is -0.313. The maximum Gasteiger partial charge on any atom is 0.282 e. The Morgan fingerprint density at radius 3 is 2.35 bits per heavy atom. The molecule has 0 fully saturated rings. The molecule has 2 N–H and O–H groups in total. The van der Waals surface area contributed by atoms with Crippen LogP contribution in [0, 0.1) is 5.82 Å². The fourth-order valence-corrected chi connectivity index (χ4v) is 2.63. The molecule has 0 saturated carbocycles. The van der Waals surface area contributed by atoms with Gasteiger partial charge in [-0.05, 0) is 49.6 Å². The largest absolute Gasteiger partial charge is 0.324 e. The summed E-state index contributed by atoms with van der Waals surface area (Å²) in [5, 5.41) is 2.82. The number of hydrogen-bond donors (Lipinski definition) is 2. The number of likely N-dealkylation sites (N-methyl/N-ethyl adjacent to an activating group) is 1. The molecule has 0 bridgehead atoms. The van der Waals surface area contributed by atoms with Gasteiger partial charge in [-0.1, -0.05) is 12.1 Å². The van der Waals surface area contributed by atoms with Crippen LogP contribution in [0.25, 0.3) is 0 Å². The van der Waals surface area contributed by atoms with Crippen LogP contribution in [0.5, 0.6) is 0 Å². The number of nitrogens with one attached hydrogen (secondary N) is 2. The van der Waals surface area contributed by atoms with Gasteiger partial charge in [-0.2, -0.15) is 0 Å². The number of benzene rings is 2. The summed E-state index contributed by atoms with van der Waals surface area (Å²) in [7, 11) is 2.00. The number of rotatable bonds is 6. The van der Waals surface area contributed by atoms with Gasteiger partial charge in [-0.3, -0.25) is 4.79 Å². The van der Waals surface area contributed by atoms with Crippen molar-refractivity contribution in [3.8, 4) is 0 Å². The predicted molar refractivity (Wildman–Crippen MR) is 93.3 cm³/mol. The molecular formula is C18H22FN2OS+. The standard InChI is InChI=1S/C18H21FN2OS/c1-13(18(22)20-16-8-6-15(19)7-9-16)21(2)12-14-4-10-17(23-3)11-5-14/h4-11,13H,12H2,1-3H3,(H,20,22)/p+1/t13-/m0/s1. The van der Waals surface area contributed by atoms with Crippen molar-refractivity contribution in [2.45, 2.75) is 24.4 Å². The smallest absolute Gasteiger partial charge is 0.282 e. The molecule has 0 saturated heterocycles. The molecule has 0 aliphatic carbocycles. The normalized spacial score (nSPS) is 13.4. The average molecular weight is 333 g/mol. The lowest BCUT2D eigenvalue weighted by atomic mass is 10.2. The monoisotopic (exact) mass is 333 g/mol. The summed E-state index contributed by atoms with van der Waals surface area (Å²) in [6.45, 7) is 2.66. The van der Waals surface area contributed by atoms with Gasteiger partial charge in [0.2, 0.25) is 0 Å². The Morgan fingerprint density at radius 2 is 1.78 bits per heavy atom. The first-order valence-corrected chi connectivity index (χ1v) is 8.73. The molecule has 0 aromatic heterocycles. The number of quaternary nitrogens is 1. The van der Waals surface area contributed by atoms with Gasteiger partial charge in [-0.15, -0.1) is 11.8 Å². The third-order valence-corrected chi connectivity index (χ3v) is 4.63. The van der Waals surface area contributed by atoms with Crippen molar-refractivity contribution in [3.05, 3.63) is 59.9 Å². The molecule has 0 aliphatic rings. The van der Waals surface area contributed by atoms with Gasteiger partial charge in [-0.25, -0.2) is 4.39 Å². The van der Waals surface area contributed by atoms with Crippen LogP contribution < -0.4 is 10.2 Å². The number of anilines is 1. The van der Waals surface area contributed by atoms with Crippen LogP contribution in [0.3, 0.4) is 0 Å². The van der Waals surface area contributed by atoms with Gasteiger partial charge in [0, 0.05) is 16.1 Å². The van der Waals surface area contributed by atoms with Crippen molar-refractivity contribution < 1.29 is 14.1 Å². The van der Waals surface area contributed by atoms with Gasteiger partial charge in [0.15, 0.2) is 6.04 Å². The molecule has 2 aromatic carbocycles. The highest BCUT2D eigenvalue weighted by Crippen LogP contribution is 2.14. The van der Waals surface area contributed by atoms with E-state index in [1.165, 1.54) is 22.6 Å². The molecule has 2 atom stereocenters. The second kappa shape index (κ2) is 8.13. The van der Waals surface area contributed by atoms with Crippen molar-refractivity contribution in [1.82, 2.24) is 0 Å². The molecule has 1 unspecified atom stereocenters. The van der Waals surface area contributed by atoms with Crippen LogP contribution in [0.4, 0.5) is 10.1 Å². The minimum absolute atomic E-state index is 0.0742. The fourth-order valence-electron chi connectivity index (χ4n) is 2.23. The Balaban J connectivity index is 1.93. The van der Waals surface area contributed by atoms with Crippen molar-refractivity contribution in [3.63, 3.8) is 0 Å². The second-order valence-electron chi connectivity index (χ2n) is 5.59.